The molecule has 0 amide bonds. The molecule has 0 N–H and O–H groups in total. The fourth-order valence-electron chi connectivity index (χ4n) is 2.46. The fraction of sp³-hybridized carbons (Fsp3) is 0.500. The molecule has 0 spiro atoms. The third-order valence-corrected chi connectivity index (χ3v) is 3.40. The maximum atomic E-state index is 13.8. The van der Waals surface area contributed by atoms with E-state index in [4.69, 9.17) is 0 Å². The average Bonchev–Trinajstić information content (AvgIpc) is 2.30. The Morgan fingerprint density at radius 2 is 2.24 bits per heavy atom. The van der Waals surface area contributed by atoms with Crippen molar-refractivity contribution in [3.63, 3.8) is 0 Å². The van der Waals surface area contributed by atoms with Crippen LogP contribution in [-0.2, 0) is 6.42 Å². The van der Waals surface area contributed by atoms with Crippen molar-refractivity contribution in [3.8, 4) is 0 Å². The van der Waals surface area contributed by atoms with E-state index in [2.05, 4.69) is 0 Å². The Balaban J connectivity index is 2.26. The molecular formula is C14H16F2O. The molecule has 0 radical (unpaired) electrons. The lowest BCUT2D eigenvalue weighted by atomic mass is 9.79. The molecular weight excluding hydrogens is 222 g/mol. The molecule has 1 aromatic rings. The summed E-state index contributed by atoms with van der Waals surface area (Å²) in [6.45, 7) is 1.90. The van der Waals surface area contributed by atoms with Crippen LogP contribution in [0.4, 0.5) is 8.78 Å². The highest BCUT2D eigenvalue weighted by Gasteiger charge is 2.33. The minimum Gasteiger partial charge on any atom is -0.294 e. The van der Waals surface area contributed by atoms with Crippen LogP contribution in [0.3, 0.4) is 0 Å². The Morgan fingerprint density at radius 3 is 2.94 bits per heavy atom. The quantitative estimate of drug-likeness (QED) is 0.784. The van der Waals surface area contributed by atoms with Crippen molar-refractivity contribution in [2.75, 3.05) is 0 Å². The van der Waals surface area contributed by atoms with Crippen LogP contribution in [0.1, 0.15) is 42.1 Å². The van der Waals surface area contributed by atoms with Gasteiger partial charge < -0.3 is 0 Å². The predicted molar refractivity (Wildman–Crippen MR) is 62.3 cm³/mol. The van der Waals surface area contributed by atoms with Crippen LogP contribution < -0.4 is 0 Å². The number of carbonyl (C=O) groups is 1. The average molecular weight is 238 g/mol. The zero-order chi connectivity index (χ0) is 12.4. The number of rotatable bonds is 3. The molecule has 2 unspecified atom stereocenters. The maximum absolute atomic E-state index is 13.8. The topological polar surface area (TPSA) is 17.1 Å². The van der Waals surface area contributed by atoms with Gasteiger partial charge in [-0.1, -0.05) is 19.4 Å². The van der Waals surface area contributed by atoms with E-state index in [0.29, 0.717) is 24.8 Å². The Labute approximate surface area is 99.8 Å². The number of aryl methyl sites for hydroxylation is 1. The third-order valence-electron chi connectivity index (χ3n) is 3.40. The Morgan fingerprint density at radius 1 is 1.47 bits per heavy atom. The largest absolute Gasteiger partial charge is 0.294 e. The lowest BCUT2D eigenvalue weighted by Crippen LogP contribution is -2.30. The van der Waals surface area contributed by atoms with Crippen LogP contribution in [0, 0.1) is 11.7 Å². The van der Waals surface area contributed by atoms with Crippen LogP contribution in [0.15, 0.2) is 18.2 Å². The highest BCUT2D eigenvalue weighted by molar-refractivity contribution is 6.00. The second-order valence-corrected chi connectivity index (χ2v) is 4.62. The lowest BCUT2D eigenvalue weighted by Gasteiger charge is -2.25. The second kappa shape index (κ2) is 4.94. The first-order chi connectivity index (χ1) is 8.13. The van der Waals surface area contributed by atoms with Gasteiger partial charge in [0.2, 0.25) is 0 Å². The molecule has 17 heavy (non-hydrogen) atoms. The summed E-state index contributed by atoms with van der Waals surface area (Å²) in [4.78, 5) is 12.1. The van der Waals surface area contributed by atoms with Gasteiger partial charge >= 0.3 is 0 Å². The number of ketones is 1. The van der Waals surface area contributed by atoms with Crippen molar-refractivity contribution in [1.82, 2.24) is 0 Å². The van der Waals surface area contributed by atoms with Crippen molar-refractivity contribution < 1.29 is 13.6 Å². The highest BCUT2D eigenvalue weighted by Crippen LogP contribution is 2.30. The fourth-order valence-corrected chi connectivity index (χ4v) is 2.46. The highest BCUT2D eigenvalue weighted by atomic mass is 19.1. The summed E-state index contributed by atoms with van der Waals surface area (Å²) in [6.07, 6.45) is 1.24. The summed E-state index contributed by atoms with van der Waals surface area (Å²) in [7, 11) is 0. The zero-order valence-electron chi connectivity index (χ0n) is 9.88. The van der Waals surface area contributed by atoms with E-state index in [1.807, 2.05) is 6.92 Å². The first kappa shape index (κ1) is 12.2. The van der Waals surface area contributed by atoms with Crippen molar-refractivity contribution in [2.24, 2.45) is 5.92 Å². The van der Waals surface area contributed by atoms with E-state index in [9.17, 15) is 13.6 Å². The number of Topliss-reactive ketones (excluding diaryl/α,β-unsaturated/α-hetero) is 1. The summed E-state index contributed by atoms with van der Waals surface area (Å²) in [5, 5.41) is 0. The SMILES string of the molecule is CCCC(F)C1CCc2ccc(F)cc2C1=O. The van der Waals surface area contributed by atoms with Gasteiger partial charge in [0.1, 0.15) is 12.0 Å². The summed E-state index contributed by atoms with van der Waals surface area (Å²) < 4.78 is 26.9. The first-order valence-electron chi connectivity index (χ1n) is 6.10. The molecule has 1 nitrogen and oxygen atoms in total. The number of fused-ring (bicyclic) bond motifs is 1. The van der Waals surface area contributed by atoms with Gasteiger partial charge in [0.05, 0.1) is 5.92 Å². The predicted octanol–water partition coefficient (Wildman–Crippen LogP) is 3.71. The normalized spacial score (nSPS) is 21.1. The van der Waals surface area contributed by atoms with Crippen LogP contribution in [0.2, 0.25) is 0 Å². The Bertz CT molecular complexity index is 428. The van der Waals surface area contributed by atoms with Crippen LogP contribution >= 0.6 is 0 Å². The molecule has 1 aliphatic rings. The van der Waals surface area contributed by atoms with E-state index in [1.54, 1.807) is 6.07 Å². The molecule has 0 bridgehead atoms. The molecule has 0 aliphatic heterocycles. The molecule has 2 atom stereocenters. The molecule has 0 saturated heterocycles. The van der Waals surface area contributed by atoms with Crippen LogP contribution in [0.5, 0.6) is 0 Å². The third kappa shape index (κ3) is 2.38. The van der Waals surface area contributed by atoms with Gasteiger partial charge in [-0.3, -0.25) is 4.79 Å². The smallest absolute Gasteiger partial charge is 0.169 e. The molecule has 0 heterocycles. The Kier molecular flexibility index (Phi) is 3.55. The van der Waals surface area contributed by atoms with Gasteiger partial charge in [0.15, 0.2) is 5.78 Å². The zero-order valence-corrected chi connectivity index (χ0v) is 9.88. The molecule has 0 aromatic heterocycles. The second-order valence-electron chi connectivity index (χ2n) is 4.62. The molecule has 0 saturated carbocycles. The standard InChI is InChI=1S/C14H16F2O/c1-2-3-13(16)11-7-5-9-4-6-10(15)8-12(9)14(11)17/h4,6,8,11,13H,2-3,5,7H2,1H3. The Hall–Kier alpha value is -1.25. The molecule has 1 aromatic carbocycles. The maximum Gasteiger partial charge on any atom is 0.169 e. The monoisotopic (exact) mass is 238 g/mol. The number of hydrogen-bond donors (Lipinski definition) is 0. The summed E-state index contributed by atoms with van der Waals surface area (Å²) in [5.41, 5.74) is 1.22. The molecule has 1 aliphatic carbocycles. The van der Waals surface area contributed by atoms with E-state index in [-0.39, 0.29) is 5.78 Å². The minimum absolute atomic E-state index is 0.230. The van der Waals surface area contributed by atoms with Gasteiger partial charge in [-0.15, -0.1) is 0 Å². The van der Waals surface area contributed by atoms with Crippen LogP contribution in [-0.4, -0.2) is 12.0 Å². The van der Waals surface area contributed by atoms with Gasteiger partial charge in [0.25, 0.3) is 0 Å². The first-order valence-corrected chi connectivity index (χ1v) is 6.10. The number of benzene rings is 1. The number of alkyl halides is 1. The van der Waals surface area contributed by atoms with E-state index in [0.717, 1.165) is 12.0 Å². The summed E-state index contributed by atoms with van der Waals surface area (Å²) in [5.74, 6) is -1.24. The lowest BCUT2D eigenvalue weighted by molar-refractivity contribution is 0.0800. The summed E-state index contributed by atoms with van der Waals surface area (Å²) in [6, 6.07) is 4.22. The van der Waals surface area contributed by atoms with Crippen molar-refractivity contribution in [2.45, 2.75) is 38.8 Å². The molecule has 92 valence electrons. The van der Waals surface area contributed by atoms with Crippen molar-refractivity contribution in [1.29, 1.82) is 0 Å². The van der Waals surface area contributed by atoms with Gasteiger partial charge in [-0.05, 0) is 37.0 Å². The molecule has 0 fully saturated rings. The molecule has 3 heteroatoms. The van der Waals surface area contributed by atoms with E-state index >= 15 is 0 Å². The van der Waals surface area contributed by atoms with Crippen molar-refractivity contribution >= 4 is 5.78 Å². The number of halogens is 2. The van der Waals surface area contributed by atoms with Gasteiger partial charge in [-0.2, -0.15) is 0 Å². The van der Waals surface area contributed by atoms with Gasteiger partial charge in [0, 0.05) is 5.56 Å². The summed E-state index contributed by atoms with van der Waals surface area (Å²) >= 11 is 0. The number of hydrogen-bond acceptors (Lipinski definition) is 1. The van der Waals surface area contributed by atoms with Crippen LogP contribution in [0.25, 0.3) is 0 Å². The van der Waals surface area contributed by atoms with E-state index < -0.39 is 17.9 Å². The number of carbonyl (C=O) groups excluding carboxylic acids is 1. The van der Waals surface area contributed by atoms with E-state index in [1.165, 1.54) is 12.1 Å². The minimum atomic E-state index is -1.09. The van der Waals surface area contributed by atoms with Gasteiger partial charge in [-0.25, -0.2) is 8.78 Å². The van der Waals surface area contributed by atoms with Crippen molar-refractivity contribution in [3.05, 3.63) is 35.1 Å². The molecule has 2 rings (SSSR count).